The Kier molecular flexibility index (Phi) is 18.1. The molecule has 2 nitrogen and oxygen atoms in total. The molecular formula is C45H47BN2SiZr. The molecule has 7 rings (SSSR count). The summed E-state index contributed by atoms with van der Waals surface area (Å²) in [6.07, 6.45) is 22.6. The quantitative estimate of drug-likeness (QED) is 0.131. The standard InChI is InChI=1S/C24H20B.C11H17N2Si.2C5H5.Zr/c1-5-13-21(14-6-1)25(22-15-7-2-8-16-22,23-17-9-3-10-18-23)24-19-11-4-12-20-24;1-9-8-12-10(2)11(13-9)6-7-14(3,4)5;2*1-2-4-5-3-1;/h1-20H;6,8H,1-5H3;2*1-5H;/q2*-1;;;+2. The van der Waals surface area contributed by atoms with Crippen molar-refractivity contribution in [1.29, 1.82) is 0 Å². The molecule has 1 aromatic heterocycles. The predicted molar refractivity (Wildman–Crippen MR) is 216 cm³/mol. The van der Waals surface area contributed by atoms with Crippen LogP contribution in [0.3, 0.4) is 0 Å². The number of rotatable bonds is 6. The topological polar surface area (TPSA) is 25.8 Å². The van der Waals surface area contributed by atoms with Gasteiger partial charge in [0.1, 0.15) is 6.15 Å². The number of aromatic nitrogens is 2. The molecule has 5 aromatic rings. The van der Waals surface area contributed by atoms with E-state index in [0.717, 1.165) is 17.1 Å². The molecule has 2 fully saturated rings. The Balaban J connectivity index is 0.000000225. The van der Waals surface area contributed by atoms with Gasteiger partial charge in [-0.2, -0.15) is 21.9 Å². The average Bonchev–Trinajstić information content (AvgIpc) is 3.92. The third-order valence-corrected chi connectivity index (χ3v) is 9.07. The minimum absolute atomic E-state index is 0. The SMILES string of the molecule is Cc1cnc(C)c(C=[C-][Si](C)(C)C)n1.[CH]1[CH][CH][CH][CH]1.[CH]1[CH][CH][CH][CH]1.[Zr+2].c1ccc([B-](c2ccccc2)(c2ccccc2)c2ccccc2)cc1. The van der Waals surface area contributed by atoms with Gasteiger partial charge in [-0.1, -0.05) is 147 Å². The Morgan fingerprint density at radius 2 is 0.800 bits per heavy atom. The van der Waals surface area contributed by atoms with E-state index in [1.165, 1.54) is 21.9 Å². The fraction of sp³-hybridized carbons (Fsp3) is 0.111. The third-order valence-electron chi connectivity index (χ3n) is 8.06. The van der Waals surface area contributed by atoms with E-state index in [1.54, 1.807) is 6.20 Å². The molecule has 0 saturated heterocycles. The number of aryl methyl sites for hydroxylation is 2. The van der Waals surface area contributed by atoms with Gasteiger partial charge in [0, 0.05) is 11.9 Å². The maximum atomic E-state index is 4.42. The van der Waals surface area contributed by atoms with Gasteiger partial charge in [0.2, 0.25) is 0 Å². The molecule has 2 aliphatic carbocycles. The fourth-order valence-corrected chi connectivity index (χ4v) is 6.31. The van der Waals surface area contributed by atoms with Crippen molar-refractivity contribution in [3.8, 4) is 0 Å². The summed E-state index contributed by atoms with van der Waals surface area (Å²) in [5.74, 6) is 0. The van der Waals surface area contributed by atoms with Crippen LogP contribution in [0.15, 0.2) is 128 Å². The van der Waals surface area contributed by atoms with Gasteiger partial charge in [0.25, 0.3) is 0 Å². The van der Waals surface area contributed by atoms with Crippen LogP contribution in [-0.2, 0) is 26.2 Å². The van der Waals surface area contributed by atoms with Crippen LogP contribution in [0.4, 0.5) is 0 Å². The van der Waals surface area contributed by atoms with E-state index in [2.05, 4.69) is 157 Å². The summed E-state index contributed by atoms with van der Waals surface area (Å²) in [5.41, 5.74) is 11.7. The summed E-state index contributed by atoms with van der Waals surface area (Å²) in [7, 11) is -1.25. The summed E-state index contributed by atoms with van der Waals surface area (Å²) in [6.45, 7) is 10.7. The van der Waals surface area contributed by atoms with Crippen LogP contribution < -0.4 is 21.9 Å². The maximum Gasteiger partial charge on any atom is 2.00 e. The van der Waals surface area contributed by atoms with Crippen molar-refractivity contribution in [2.24, 2.45) is 0 Å². The molecular weight excluding hydrogens is 699 g/mol. The zero-order valence-electron chi connectivity index (χ0n) is 29.9. The second-order valence-corrected chi connectivity index (χ2v) is 17.7. The van der Waals surface area contributed by atoms with E-state index in [0.29, 0.717) is 0 Å². The van der Waals surface area contributed by atoms with Gasteiger partial charge in [0.15, 0.2) is 0 Å². The van der Waals surface area contributed by atoms with E-state index >= 15 is 0 Å². The molecule has 248 valence electrons. The fourth-order valence-electron chi connectivity index (χ4n) is 5.74. The average molecular weight is 746 g/mol. The van der Waals surface area contributed by atoms with Gasteiger partial charge >= 0.3 is 26.2 Å². The maximum absolute atomic E-state index is 4.42. The zero-order chi connectivity index (χ0) is 34.8. The van der Waals surface area contributed by atoms with Gasteiger partial charge in [-0.25, -0.2) is 6.08 Å². The molecule has 0 unspecified atom stereocenters. The van der Waals surface area contributed by atoms with Crippen molar-refractivity contribution in [3.05, 3.63) is 215 Å². The number of hydrogen-bond donors (Lipinski definition) is 0. The van der Waals surface area contributed by atoms with Crippen molar-refractivity contribution >= 4 is 42.1 Å². The second-order valence-electron chi connectivity index (χ2n) is 13.0. The summed E-state index contributed by atoms with van der Waals surface area (Å²) < 4.78 is 0. The molecule has 50 heavy (non-hydrogen) atoms. The summed E-state index contributed by atoms with van der Waals surface area (Å²) in [5, 5.41) is 0. The van der Waals surface area contributed by atoms with Crippen molar-refractivity contribution in [2.75, 3.05) is 0 Å². The first-order chi connectivity index (χ1) is 23.8. The van der Waals surface area contributed by atoms with Crippen LogP contribution in [0.1, 0.15) is 17.1 Å². The van der Waals surface area contributed by atoms with E-state index in [4.69, 9.17) is 0 Å². The van der Waals surface area contributed by atoms with Crippen molar-refractivity contribution < 1.29 is 26.2 Å². The smallest absolute Gasteiger partial charge is 0.345 e. The summed E-state index contributed by atoms with van der Waals surface area (Å²) >= 11 is 0. The van der Waals surface area contributed by atoms with E-state index < -0.39 is 14.2 Å². The first kappa shape index (κ1) is 41.3. The van der Waals surface area contributed by atoms with Crippen LogP contribution in [0.25, 0.3) is 6.08 Å². The molecule has 0 aliphatic heterocycles. The van der Waals surface area contributed by atoms with Crippen LogP contribution in [-0.4, -0.2) is 24.2 Å². The second kappa shape index (κ2) is 21.9. The molecule has 1 heterocycles. The number of benzene rings is 4. The van der Waals surface area contributed by atoms with E-state index in [1.807, 2.05) is 84.1 Å². The molecule has 2 aliphatic rings. The molecule has 0 spiro atoms. The van der Waals surface area contributed by atoms with Gasteiger partial charge in [-0.3, -0.25) is 10.7 Å². The van der Waals surface area contributed by atoms with Gasteiger partial charge in [0.05, 0.1) is 0 Å². The third kappa shape index (κ3) is 12.9. The molecule has 10 radical (unpaired) electrons. The van der Waals surface area contributed by atoms with Crippen molar-refractivity contribution in [3.63, 3.8) is 0 Å². The zero-order valence-corrected chi connectivity index (χ0v) is 33.4. The largest absolute Gasteiger partial charge is 2.00 e. The van der Waals surface area contributed by atoms with E-state index in [9.17, 15) is 0 Å². The minimum atomic E-state index is -1.25. The normalized spacial score (nSPS) is 13.9. The van der Waals surface area contributed by atoms with Crippen LogP contribution >= 0.6 is 0 Å². The molecule has 0 amide bonds. The molecule has 2 saturated carbocycles. The van der Waals surface area contributed by atoms with Crippen molar-refractivity contribution in [2.45, 2.75) is 33.5 Å². The molecule has 0 atom stereocenters. The molecule has 0 bridgehead atoms. The van der Waals surface area contributed by atoms with Gasteiger partial charge < -0.3 is 4.98 Å². The van der Waals surface area contributed by atoms with Crippen LogP contribution in [0, 0.1) is 83.8 Å². The minimum Gasteiger partial charge on any atom is -0.345 e. The molecule has 4 aromatic carbocycles. The van der Waals surface area contributed by atoms with Gasteiger partial charge in [-0.05, 0) is 91.8 Å². The molecule has 0 N–H and O–H groups in total. The van der Waals surface area contributed by atoms with E-state index in [-0.39, 0.29) is 26.2 Å². The summed E-state index contributed by atoms with van der Waals surface area (Å²) in [6, 6.07) is 43.5. The number of hydrogen-bond acceptors (Lipinski definition) is 2. The van der Waals surface area contributed by atoms with Crippen molar-refractivity contribution in [1.82, 2.24) is 9.97 Å². The Hall–Kier alpha value is -3.14. The molecule has 5 heteroatoms. The monoisotopic (exact) mass is 744 g/mol. The Labute approximate surface area is 324 Å². The first-order valence-corrected chi connectivity index (χ1v) is 20.4. The predicted octanol–water partition coefficient (Wildman–Crippen LogP) is 7.89. The van der Waals surface area contributed by atoms with Crippen LogP contribution in [0.2, 0.25) is 19.6 Å². The van der Waals surface area contributed by atoms with Gasteiger partial charge in [-0.15, -0.1) is 0 Å². The van der Waals surface area contributed by atoms with Crippen LogP contribution in [0.5, 0.6) is 0 Å². The Morgan fingerprint density at radius 3 is 1.08 bits per heavy atom. The number of nitrogens with zero attached hydrogens (tertiary/aromatic N) is 2. The Bertz CT molecular complexity index is 1460. The Morgan fingerprint density at radius 1 is 0.500 bits per heavy atom. The first-order valence-electron chi connectivity index (χ1n) is 16.9. The summed E-state index contributed by atoms with van der Waals surface area (Å²) in [4.78, 5) is 8.68.